The van der Waals surface area contributed by atoms with Gasteiger partial charge in [0.15, 0.2) is 17.3 Å². The van der Waals surface area contributed by atoms with Gasteiger partial charge in [0.05, 0.1) is 34.7 Å². The molecule has 0 aliphatic carbocycles. The quantitative estimate of drug-likeness (QED) is 0.439. The Morgan fingerprint density at radius 1 is 1.42 bits per heavy atom. The summed E-state index contributed by atoms with van der Waals surface area (Å²) in [6.07, 6.45) is 1.35. The van der Waals surface area contributed by atoms with E-state index in [0.717, 1.165) is 11.6 Å². The molecule has 0 aliphatic heterocycles. The zero-order valence-corrected chi connectivity index (χ0v) is 14.0. The number of hydrogen-bond donors (Lipinski definition) is 1. The normalized spacial score (nSPS) is 11.3. The van der Waals surface area contributed by atoms with Crippen molar-refractivity contribution in [3.63, 3.8) is 0 Å². The molecule has 0 amide bonds. The number of hydrogen-bond acceptors (Lipinski definition) is 6. The van der Waals surface area contributed by atoms with Crippen LogP contribution in [-0.2, 0) is 7.05 Å². The minimum Gasteiger partial charge on any atom is -0.504 e. The van der Waals surface area contributed by atoms with Gasteiger partial charge < -0.3 is 14.4 Å². The summed E-state index contributed by atoms with van der Waals surface area (Å²) in [5.74, 6) is 0.0518. The van der Waals surface area contributed by atoms with Gasteiger partial charge in [-0.3, -0.25) is 10.1 Å². The molecule has 1 heterocycles. The molecule has 0 bridgehead atoms. The van der Waals surface area contributed by atoms with Crippen LogP contribution in [0.25, 0.3) is 22.7 Å². The second-order valence-electron chi connectivity index (χ2n) is 5.50. The first-order valence-corrected chi connectivity index (χ1v) is 7.55. The van der Waals surface area contributed by atoms with Gasteiger partial charge in [-0.2, -0.15) is 5.26 Å². The zero-order chi connectivity index (χ0) is 18.8. The zero-order valence-electron chi connectivity index (χ0n) is 14.0. The number of aryl methyl sites for hydroxylation is 1. The molecule has 1 aromatic heterocycles. The highest BCUT2D eigenvalue weighted by Crippen LogP contribution is 2.36. The van der Waals surface area contributed by atoms with Gasteiger partial charge in [0.2, 0.25) is 0 Å². The summed E-state index contributed by atoms with van der Waals surface area (Å²) >= 11 is 0. The first-order chi connectivity index (χ1) is 12.5. The first-order valence-electron chi connectivity index (χ1n) is 7.55. The van der Waals surface area contributed by atoms with Crippen LogP contribution in [0, 0.1) is 21.4 Å². The minimum atomic E-state index is -0.597. The Kier molecular flexibility index (Phi) is 4.29. The lowest BCUT2D eigenvalue weighted by Gasteiger charge is -2.07. The Hall–Kier alpha value is -3.86. The van der Waals surface area contributed by atoms with Gasteiger partial charge in [-0.05, 0) is 18.2 Å². The third-order valence-corrected chi connectivity index (χ3v) is 3.97. The number of phenols is 1. The molecule has 1 N–H and O–H groups in total. The number of allylic oxidation sites excluding steroid dienone is 1. The van der Waals surface area contributed by atoms with Crippen molar-refractivity contribution in [1.29, 1.82) is 5.26 Å². The molecule has 0 fully saturated rings. The smallest absolute Gasteiger partial charge is 0.274 e. The van der Waals surface area contributed by atoms with Crippen molar-refractivity contribution in [2.45, 2.75) is 0 Å². The molecule has 26 heavy (non-hydrogen) atoms. The molecule has 8 heteroatoms. The number of methoxy groups -OCH3 is 1. The molecular formula is C18H14N4O4. The van der Waals surface area contributed by atoms with Gasteiger partial charge in [-0.25, -0.2) is 4.98 Å². The molecule has 0 saturated heterocycles. The van der Waals surface area contributed by atoms with E-state index in [-0.39, 0.29) is 28.3 Å². The number of nitro groups is 1. The number of benzene rings is 2. The highest BCUT2D eigenvalue weighted by Gasteiger charge is 2.18. The lowest BCUT2D eigenvalue weighted by atomic mass is 10.1. The van der Waals surface area contributed by atoms with Crippen LogP contribution in [0.15, 0.2) is 36.4 Å². The summed E-state index contributed by atoms with van der Waals surface area (Å²) in [6, 6.07) is 11.7. The van der Waals surface area contributed by atoms with Crippen LogP contribution in [0.1, 0.15) is 11.4 Å². The number of nitriles is 1. The molecule has 0 spiro atoms. The Bertz CT molecular complexity index is 1090. The number of para-hydroxylation sites is 2. The highest BCUT2D eigenvalue weighted by molar-refractivity contribution is 5.92. The Labute approximate surface area is 148 Å². The maximum Gasteiger partial charge on any atom is 0.274 e. The van der Waals surface area contributed by atoms with Crippen molar-refractivity contribution in [2.24, 2.45) is 7.05 Å². The maximum absolute atomic E-state index is 11.1. The van der Waals surface area contributed by atoms with Crippen molar-refractivity contribution >= 4 is 28.4 Å². The highest BCUT2D eigenvalue weighted by atomic mass is 16.6. The molecule has 3 aromatic rings. The fraction of sp³-hybridized carbons (Fsp3) is 0.111. The molecular weight excluding hydrogens is 336 g/mol. The van der Waals surface area contributed by atoms with Crippen LogP contribution < -0.4 is 4.74 Å². The van der Waals surface area contributed by atoms with E-state index in [1.165, 1.54) is 19.3 Å². The molecule has 0 aliphatic rings. The Morgan fingerprint density at radius 3 is 2.77 bits per heavy atom. The number of nitrogens with zero attached hydrogens (tertiary/aromatic N) is 4. The summed E-state index contributed by atoms with van der Waals surface area (Å²) in [7, 11) is 3.06. The molecule has 0 unspecified atom stereocenters. The second kappa shape index (κ2) is 6.57. The maximum atomic E-state index is 11.1. The first kappa shape index (κ1) is 17.0. The van der Waals surface area contributed by atoms with E-state index < -0.39 is 4.92 Å². The molecule has 8 nitrogen and oxygen atoms in total. The third-order valence-electron chi connectivity index (χ3n) is 3.97. The van der Waals surface area contributed by atoms with Gasteiger partial charge in [-0.1, -0.05) is 12.1 Å². The van der Waals surface area contributed by atoms with E-state index in [0.29, 0.717) is 11.3 Å². The molecule has 0 atom stereocenters. The van der Waals surface area contributed by atoms with E-state index in [2.05, 4.69) is 4.98 Å². The van der Waals surface area contributed by atoms with E-state index >= 15 is 0 Å². The number of ether oxygens (including phenoxy) is 1. The number of fused-ring (bicyclic) bond motifs is 1. The lowest BCUT2D eigenvalue weighted by molar-refractivity contribution is -0.385. The number of aromatic hydroxyl groups is 1. The summed E-state index contributed by atoms with van der Waals surface area (Å²) in [5, 5.41) is 30.9. The van der Waals surface area contributed by atoms with Crippen LogP contribution in [0.5, 0.6) is 11.5 Å². The van der Waals surface area contributed by atoms with Gasteiger partial charge >= 0.3 is 0 Å². The second-order valence-corrected chi connectivity index (χ2v) is 5.50. The third kappa shape index (κ3) is 2.82. The summed E-state index contributed by atoms with van der Waals surface area (Å²) in [6.45, 7) is 0. The molecule has 3 rings (SSSR count). The molecule has 130 valence electrons. The summed E-state index contributed by atoms with van der Waals surface area (Å²) < 4.78 is 6.73. The molecule has 0 saturated carbocycles. The summed E-state index contributed by atoms with van der Waals surface area (Å²) in [5.41, 5.74) is 1.55. The van der Waals surface area contributed by atoms with Gasteiger partial charge in [0.1, 0.15) is 6.07 Å². The fourth-order valence-electron chi connectivity index (χ4n) is 2.67. The topological polar surface area (TPSA) is 114 Å². The Morgan fingerprint density at radius 2 is 2.15 bits per heavy atom. The van der Waals surface area contributed by atoms with E-state index in [1.54, 1.807) is 11.6 Å². The molecule has 2 aromatic carbocycles. The fourth-order valence-corrected chi connectivity index (χ4v) is 2.67. The van der Waals surface area contributed by atoms with E-state index in [9.17, 15) is 20.5 Å². The summed E-state index contributed by atoms with van der Waals surface area (Å²) in [4.78, 5) is 14.9. The van der Waals surface area contributed by atoms with Crippen LogP contribution in [0.3, 0.4) is 0 Å². The number of imidazole rings is 1. The van der Waals surface area contributed by atoms with Crippen molar-refractivity contribution in [2.75, 3.05) is 7.11 Å². The number of rotatable bonds is 4. The largest absolute Gasteiger partial charge is 0.504 e. The van der Waals surface area contributed by atoms with Crippen molar-refractivity contribution in [1.82, 2.24) is 9.55 Å². The van der Waals surface area contributed by atoms with Crippen LogP contribution in [0.2, 0.25) is 0 Å². The van der Waals surface area contributed by atoms with Gasteiger partial charge in [-0.15, -0.1) is 0 Å². The number of non-ortho nitro benzene ring substituents is 1. The number of phenolic OH excluding ortho intramolecular Hbond substituents is 1. The van der Waals surface area contributed by atoms with Crippen LogP contribution in [0.4, 0.5) is 5.69 Å². The van der Waals surface area contributed by atoms with Gasteiger partial charge in [0, 0.05) is 18.7 Å². The standard InChI is InChI=1S/C18H14N4O4/c1-21-15-6-4-3-5-14(15)20-18(21)12(10-19)7-11-8-13(22(24)25)9-16(26-2)17(11)23/h3-9,23H,1-2H3. The lowest BCUT2D eigenvalue weighted by Crippen LogP contribution is -1.97. The monoisotopic (exact) mass is 350 g/mol. The average Bonchev–Trinajstić information content (AvgIpc) is 2.97. The van der Waals surface area contributed by atoms with Crippen LogP contribution in [-0.4, -0.2) is 26.7 Å². The van der Waals surface area contributed by atoms with Crippen LogP contribution >= 0.6 is 0 Å². The Balaban J connectivity index is 2.21. The average molecular weight is 350 g/mol. The van der Waals surface area contributed by atoms with E-state index in [1.807, 2.05) is 30.3 Å². The van der Waals surface area contributed by atoms with Crippen molar-refractivity contribution < 1.29 is 14.8 Å². The predicted octanol–water partition coefficient (Wildman–Crippen LogP) is 3.26. The van der Waals surface area contributed by atoms with Crippen molar-refractivity contribution in [3.8, 4) is 17.6 Å². The van der Waals surface area contributed by atoms with Gasteiger partial charge in [0.25, 0.3) is 5.69 Å². The minimum absolute atomic E-state index is 0.0484. The number of nitro benzene ring substituents is 1. The van der Waals surface area contributed by atoms with E-state index in [4.69, 9.17) is 4.74 Å². The molecule has 0 radical (unpaired) electrons. The predicted molar refractivity (Wildman–Crippen MR) is 95.5 cm³/mol. The SMILES string of the molecule is COc1cc([N+](=O)[O-])cc(C=C(C#N)c2nc3ccccc3n2C)c1O. The van der Waals surface area contributed by atoms with Crippen molar-refractivity contribution in [3.05, 3.63) is 57.9 Å². The number of aromatic nitrogens is 2.